The second-order valence-corrected chi connectivity index (χ2v) is 6.89. The first-order valence-electron chi connectivity index (χ1n) is 6.86. The molecule has 0 amide bonds. The maximum atomic E-state index is 13.3. The molecule has 0 spiro atoms. The van der Waals surface area contributed by atoms with Crippen LogP contribution in [0.25, 0.3) is 0 Å². The van der Waals surface area contributed by atoms with Crippen molar-refractivity contribution in [3.05, 3.63) is 34.1 Å². The van der Waals surface area contributed by atoms with Crippen LogP contribution in [0.3, 0.4) is 0 Å². The predicted molar refractivity (Wildman–Crippen MR) is 74.9 cm³/mol. The van der Waals surface area contributed by atoms with E-state index in [4.69, 9.17) is 0 Å². The molecular formula is C13H17FN2O4S. The molecule has 116 valence electrons. The highest BCUT2D eigenvalue weighted by Crippen LogP contribution is 2.23. The molecule has 0 unspecified atom stereocenters. The fraction of sp³-hybridized carbons (Fsp3) is 0.538. The van der Waals surface area contributed by atoms with Gasteiger partial charge in [0.05, 0.1) is 9.82 Å². The van der Waals surface area contributed by atoms with Crippen LogP contribution in [-0.2, 0) is 10.0 Å². The predicted octanol–water partition coefficient (Wildman–Crippen LogP) is 2.74. The molecule has 1 aromatic rings. The van der Waals surface area contributed by atoms with E-state index in [1.54, 1.807) is 0 Å². The van der Waals surface area contributed by atoms with Gasteiger partial charge in [0.1, 0.15) is 0 Å². The number of rotatable bonds is 4. The Bertz CT molecular complexity index is 625. The lowest BCUT2D eigenvalue weighted by Crippen LogP contribution is -2.34. The van der Waals surface area contributed by atoms with Crippen LogP contribution >= 0.6 is 0 Å². The summed E-state index contributed by atoms with van der Waals surface area (Å²) in [6.45, 7) is 0. The maximum absolute atomic E-state index is 13.3. The number of sulfonamides is 1. The summed E-state index contributed by atoms with van der Waals surface area (Å²) in [6.07, 6.45) is 5.58. The zero-order valence-electron chi connectivity index (χ0n) is 11.4. The van der Waals surface area contributed by atoms with E-state index in [1.807, 2.05) is 0 Å². The largest absolute Gasteiger partial charge is 0.306 e. The Morgan fingerprint density at radius 3 is 2.38 bits per heavy atom. The standard InChI is InChI=1S/C13H17FN2O4S/c14-12-8-7-11(9-13(12)16(17)18)21(19,20)15-10-5-3-1-2-4-6-10/h7-10,15H,1-6H2. The molecule has 1 aromatic carbocycles. The Hall–Kier alpha value is -1.54. The summed E-state index contributed by atoms with van der Waals surface area (Å²) in [6, 6.07) is 2.44. The van der Waals surface area contributed by atoms with E-state index in [9.17, 15) is 22.9 Å². The summed E-state index contributed by atoms with van der Waals surface area (Å²) < 4.78 is 40.3. The molecule has 0 atom stereocenters. The van der Waals surface area contributed by atoms with Crippen LogP contribution in [0, 0.1) is 15.9 Å². The number of nitrogens with one attached hydrogen (secondary N) is 1. The average Bonchev–Trinajstić information content (AvgIpc) is 2.66. The van der Waals surface area contributed by atoms with Crippen LogP contribution in [0.2, 0.25) is 0 Å². The van der Waals surface area contributed by atoms with Gasteiger partial charge in [-0.1, -0.05) is 25.7 Å². The molecule has 0 saturated heterocycles. The van der Waals surface area contributed by atoms with E-state index in [2.05, 4.69) is 4.72 Å². The highest BCUT2D eigenvalue weighted by atomic mass is 32.2. The lowest BCUT2D eigenvalue weighted by Gasteiger charge is -2.16. The zero-order valence-corrected chi connectivity index (χ0v) is 12.2. The van der Waals surface area contributed by atoms with E-state index in [1.165, 1.54) is 0 Å². The second kappa shape index (κ2) is 6.48. The first-order chi connectivity index (χ1) is 9.90. The van der Waals surface area contributed by atoms with Gasteiger partial charge in [0.2, 0.25) is 15.8 Å². The minimum absolute atomic E-state index is 0.165. The molecule has 1 fully saturated rings. The van der Waals surface area contributed by atoms with Gasteiger partial charge in [-0.15, -0.1) is 0 Å². The number of halogens is 1. The van der Waals surface area contributed by atoms with Gasteiger partial charge >= 0.3 is 5.69 Å². The van der Waals surface area contributed by atoms with Gasteiger partial charge in [-0.3, -0.25) is 10.1 Å². The molecule has 21 heavy (non-hydrogen) atoms. The van der Waals surface area contributed by atoms with E-state index in [0.29, 0.717) is 0 Å². The molecule has 8 heteroatoms. The second-order valence-electron chi connectivity index (χ2n) is 5.18. The molecule has 0 heterocycles. The van der Waals surface area contributed by atoms with Crippen molar-refractivity contribution in [1.82, 2.24) is 4.72 Å². The van der Waals surface area contributed by atoms with Crippen molar-refractivity contribution in [3.63, 3.8) is 0 Å². The van der Waals surface area contributed by atoms with Gasteiger partial charge in [-0.2, -0.15) is 4.39 Å². The number of hydrogen-bond donors (Lipinski definition) is 1. The highest BCUT2D eigenvalue weighted by Gasteiger charge is 2.24. The third-order valence-electron chi connectivity index (χ3n) is 3.60. The Labute approximate surface area is 122 Å². The molecule has 6 nitrogen and oxygen atoms in total. The van der Waals surface area contributed by atoms with Crippen molar-refractivity contribution in [2.75, 3.05) is 0 Å². The van der Waals surface area contributed by atoms with Crippen LogP contribution in [-0.4, -0.2) is 19.4 Å². The van der Waals surface area contributed by atoms with Gasteiger partial charge in [-0.25, -0.2) is 13.1 Å². The summed E-state index contributed by atoms with van der Waals surface area (Å²) in [7, 11) is -3.87. The van der Waals surface area contributed by atoms with Crippen molar-refractivity contribution >= 4 is 15.7 Å². The molecular weight excluding hydrogens is 299 g/mol. The maximum Gasteiger partial charge on any atom is 0.306 e. The molecule has 2 rings (SSSR count). The van der Waals surface area contributed by atoms with E-state index in [0.717, 1.165) is 56.7 Å². The lowest BCUT2D eigenvalue weighted by atomic mass is 10.1. The van der Waals surface area contributed by atoms with Gasteiger partial charge in [0.15, 0.2) is 0 Å². The third-order valence-corrected chi connectivity index (χ3v) is 5.12. The lowest BCUT2D eigenvalue weighted by molar-refractivity contribution is -0.387. The summed E-state index contributed by atoms with van der Waals surface area (Å²) in [5, 5.41) is 10.7. The monoisotopic (exact) mass is 316 g/mol. The van der Waals surface area contributed by atoms with E-state index >= 15 is 0 Å². The van der Waals surface area contributed by atoms with Gasteiger partial charge < -0.3 is 0 Å². The number of nitro groups is 1. The molecule has 1 saturated carbocycles. The Kier molecular flexibility index (Phi) is 4.89. The first-order valence-corrected chi connectivity index (χ1v) is 8.35. The normalized spacial score (nSPS) is 17.4. The fourth-order valence-electron chi connectivity index (χ4n) is 2.48. The van der Waals surface area contributed by atoms with Crippen molar-refractivity contribution in [1.29, 1.82) is 0 Å². The molecule has 0 radical (unpaired) electrons. The molecule has 1 aliphatic rings. The van der Waals surface area contributed by atoms with Crippen LogP contribution in [0.4, 0.5) is 10.1 Å². The smallest absolute Gasteiger partial charge is 0.258 e. The first kappa shape index (κ1) is 15.8. The minimum Gasteiger partial charge on any atom is -0.258 e. The minimum atomic E-state index is -3.87. The third kappa shape index (κ3) is 3.98. The van der Waals surface area contributed by atoms with E-state index < -0.39 is 26.5 Å². The summed E-state index contributed by atoms with van der Waals surface area (Å²) in [4.78, 5) is 9.48. The molecule has 0 bridgehead atoms. The van der Waals surface area contributed by atoms with Crippen molar-refractivity contribution in [3.8, 4) is 0 Å². The SMILES string of the molecule is O=[N+]([O-])c1cc(S(=O)(=O)NC2CCCCCC2)ccc1F. The summed E-state index contributed by atoms with van der Waals surface area (Å²) in [5.74, 6) is -1.05. The zero-order chi connectivity index (χ0) is 15.5. The van der Waals surface area contributed by atoms with Gasteiger partial charge in [0.25, 0.3) is 0 Å². The van der Waals surface area contributed by atoms with Crippen molar-refractivity contribution in [2.45, 2.75) is 49.5 Å². The van der Waals surface area contributed by atoms with Crippen LogP contribution in [0.1, 0.15) is 38.5 Å². The summed E-state index contributed by atoms with van der Waals surface area (Å²) in [5.41, 5.74) is -0.834. The Morgan fingerprint density at radius 2 is 1.81 bits per heavy atom. The Balaban J connectivity index is 2.22. The van der Waals surface area contributed by atoms with Gasteiger partial charge in [-0.05, 0) is 25.0 Å². The van der Waals surface area contributed by atoms with Gasteiger partial charge in [0, 0.05) is 12.1 Å². The van der Waals surface area contributed by atoms with Crippen molar-refractivity contribution in [2.24, 2.45) is 0 Å². The molecule has 0 aromatic heterocycles. The van der Waals surface area contributed by atoms with Crippen LogP contribution in [0.15, 0.2) is 23.1 Å². The Morgan fingerprint density at radius 1 is 1.19 bits per heavy atom. The topological polar surface area (TPSA) is 89.3 Å². The quantitative estimate of drug-likeness (QED) is 0.525. The average molecular weight is 316 g/mol. The molecule has 0 aliphatic heterocycles. The fourth-order valence-corrected chi connectivity index (χ4v) is 3.81. The number of nitro benzene ring substituents is 1. The number of nitrogens with zero attached hydrogens (tertiary/aromatic N) is 1. The number of hydrogen-bond acceptors (Lipinski definition) is 4. The van der Waals surface area contributed by atoms with E-state index in [-0.39, 0.29) is 10.9 Å². The number of benzene rings is 1. The summed E-state index contributed by atoms with van der Waals surface area (Å²) >= 11 is 0. The molecule has 1 N–H and O–H groups in total. The highest BCUT2D eigenvalue weighted by molar-refractivity contribution is 7.89. The van der Waals surface area contributed by atoms with Crippen LogP contribution in [0.5, 0.6) is 0 Å². The van der Waals surface area contributed by atoms with Crippen LogP contribution < -0.4 is 4.72 Å². The molecule has 1 aliphatic carbocycles. The van der Waals surface area contributed by atoms with Crippen molar-refractivity contribution < 1.29 is 17.7 Å².